The highest BCUT2D eigenvalue weighted by Gasteiger charge is 2.45. The van der Waals surface area contributed by atoms with E-state index in [0.717, 1.165) is 7.11 Å². The van der Waals surface area contributed by atoms with Crippen LogP contribution in [0.4, 0.5) is 8.78 Å². The molecule has 0 N–H and O–H groups in total. The van der Waals surface area contributed by atoms with Gasteiger partial charge in [0.15, 0.2) is 0 Å². The lowest BCUT2D eigenvalue weighted by atomic mass is 10.0. The largest absolute Gasteiger partial charge is 0.465 e. The predicted molar refractivity (Wildman–Crippen MR) is 54.3 cm³/mol. The second kappa shape index (κ2) is 4.52. The fourth-order valence-corrected chi connectivity index (χ4v) is 1.29. The smallest absolute Gasteiger partial charge is 0.376 e. The second-order valence-electron chi connectivity index (χ2n) is 3.14. The molecule has 0 radical (unpaired) electrons. The van der Waals surface area contributed by atoms with E-state index in [2.05, 4.69) is 4.74 Å². The van der Waals surface area contributed by atoms with Gasteiger partial charge in [-0.25, -0.2) is 4.79 Å². The van der Waals surface area contributed by atoms with Crippen molar-refractivity contribution in [3.63, 3.8) is 0 Å². The number of carbonyl (C=O) groups excluding carboxylic acids is 1. The molecule has 0 bridgehead atoms. The number of alkyl halides is 3. The number of halogens is 3. The molecule has 5 heteroatoms. The summed E-state index contributed by atoms with van der Waals surface area (Å²) in [5.74, 6) is -4.83. The van der Waals surface area contributed by atoms with Crippen LogP contribution in [0.5, 0.6) is 0 Å². The van der Waals surface area contributed by atoms with Crippen molar-refractivity contribution in [1.82, 2.24) is 0 Å². The first-order valence-electron chi connectivity index (χ1n) is 3.90. The second-order valence-corrected chi connectivity index (χ2v) is 5.74. The summed E-state index contributed by atoms with van der Waals surface area (Å²) in [5.41, 5.74) is 0. The number of methoxy groups -OCH3 is 1. The van der Waals surface area contributed by atoms with Gasteiger partial charge >= 0.3 is 11.9 Å². The van der Waals surface area contributed by atoms with Gasteiger partial charge in [-0.3, -0.25) is 0 Å². The minimum absolute atomic E-state index is 0.482. The number of rotatable bonds is 4. The van der Waals surface area contributed by atoms with Crippen LogP contribution in [0.25, 0.3) is 0 Å². The van der Waals surface area contributed by atoms with E-state index in [4.69, 9.17) is 0 Å². The summed E-state index contributed by atoms with van der Waals surface area (Å²) in [4.78, 5) is 10.7. The van der Waals surface area contributed by atoms with Crippen LogP contribution in [0.1, 0.15) is 26.7 Å². The molecule has 0 fully saturated rings. The molecule has 2 nitrogen and oxygen atoms in total. The summed E-state index contributed by atoms with van der Waals surface area (Å²) >= 11 is 1.93. The van der Waals surface area contributed by atoms with Crippen LogP contribution in [-0.4, -0.2) is 22.4 Å². The van der Waals surface area contributed by atoms with Gasteiger partial charge < -0.3 is 4.74 Å². The Labute approximate surface area is 90.2 Å². The van der Waals surface area contributed by atoms with Crippen molar-refractivity contribution in [2.75, 3.05) is 7.11 Å². The Morgan fingerprint density at radius 3 is 2.31 bits per heavy atom. The van der Waals surface area contributed by atoms with Crippen LogP contribution in [0, 0.1) is 0 Å². The van der Waals surface area contributed by atoms with Gasteiger partial charge in [-0.05, 0) is 6.42 Å². The predicted octanol–water partition coefficient (Wildman–Crippen LogP) is 2.79. The average molecular weight is 306 g/mol. The van der Waals surface area contributed by atoms with Gasteiger partial charge in [0.25, 0.3) is 0 Å². The van der Waals surface area contributed by atoms with Gasteiger partial charge in [-0.2, -0.15) is 8.78 Å². The van der Waals surface area contributed by atoms with E-state index < -0.39 is 21.7 Å². The molecule has 0 spiro atoms. The summed E-state index contributed by atoms with van der Waals surface area (Å²) in [5, 5.41) is 0. The van der Waals surface area contributed by atoms with E-state index >= 15 is 0 Å². The van der Waals surface area contributed by atoms with Gasteiger partial charge in [0.2, 0.25) is 0 Å². The molecule has 0 rings (SSSR count). The highest BCUT2D eigenvalue weighted by atomic mass is 127. The molecule has 0 aliphatic carbocycles. The standard InChI is InChI=1S/C8H13F2IO2/c1-4-7(2,11)5-8(9,10)6(12)13-3/h4-5H2,1-3H3. The molecule has 0 saturated heterocycles. The van der Waals surface area contributed by atoms with Crippen LogP contribution in [0.3, 0.4) is 0 Å². The molecule has 0 heterocycles. The zero-order valence-electron chi connectivity index (χ0n) is 7.86. The number of hydrogen-bond acceptors (Lipinski definition) is 2. The highest BCUT2D eigenvalue weighted by Crippen LogP contribution is 2.35. The average Bonchev–Trinajstić information content (AvgIpc) is 2.01. The lowest BCUT2D eigenvalue weighted by molar-refractivity contribution is -0.170. The lowest BCUT2D eigenvalue weighted by Gasteiger charge is -2.24. The Kier molecular flexibility index (Phi) is 4.54. The molecule has 0 aromatic rings. The van der Waals surface area contributed by atoms with Crippen LogP contribution in [-0.2, 0) is 9.53 Å². The minimum atomic E-state index is -3.37. The van der Waals surface area contributed by atoms with Crippen LogP contribution >= 0.6 is 22.6 Å². The van der Waals surface area contributed by atoms with E-state index in [1.54, 1.807) is 13.8 Å². The molecule has 13 heavy (non-hydrogen) atoms. The van der Waals surface area contributed by atoms with Crippen LogP contribution in [0.2, 0.25) is 0 Å². The third-order valence-corrected chi connectivity index (χ3v) is 2.96. The maximum Gasteiger partial charge on any atom is 0.376 e. The summed E-state index contributed by atoms with van der Waals surface area (Å²) in [6, 6.07) is 0. The molecule has 78 valence electrons. The van der Waals surface area contributed by atoms with E-state index in [1.165, 1.54) is 0 Å². The topological polar surface area (TPSA) is 26.3 Å². The molecule has 1 atom stereocenters. The van der Waals surface area contributed by atoms with Crippen molar-refractivity contribution in [2.24, 2.45) is 0 Å². The molecular formula is C8H13F2IO2. The molecule has 0 aromatic carbocycles. The molecule has 0 saturated carbocycles. The zero-order valence-corrected chi connectivity index (χ0v) is 10.0. The van der Waals surface area contributed by atoms with Gasteiger partial charge in [-0.1, -0.05) is 36.4 Å². The third kappa shape index (κ3) is 4.19. The highest BCUT2D eigenvalue weighted by molar-refractivity contribution is 14.1. The van der Waals surface area contributed by atoms with Gasteiger partial charge in [0.05, 0.1) is 7.11 Å². The van der Waals surface area contributed by atoms with Crippen LogP contribution in [0.15, 0.2) is 0 Å². The number of carbonyl (C=O) groups is 1. The van der Waals surface area contributed by atoms with E-state index in [9.17, 15) is 13.6 Å². The molecular weight excluding hydrogens is 293 g/mol. The summed E-state index contributed by atoms with van der Waals surface area (Å²) in [6.45, 7) is 3.49. The molecule has 0 aromatic heterocycles. The number of hydrogen-bond donors (Lipinski definition) is 0. The maximum absolute atomic E-state index is 13.0. The van der Waals surface area contributed by atoms with Crippen LogP contribution < -0.4 is 0 Å². The number of ether oxygens (including phenoxy) is 1. The maximum atomic E-state index is 13.0. The monoisotopic (exact) mass is 306 g/mol. The Hall–Kier alpha value is 0.0600. The van der Waals surface area contributed by atoms with Gasteiger partial charge in [0, 0.05) is 9.84 Å². The SMILES string of the molecule is CCC(C)(I)CC(F)(F)C(=O)OC. The quantitative estimate of drug-likeness (QED) is 0.453. The normalized spacial score (nSPS) is 16.5. The summed E-state index contributed by atoms with van der Waals surface area (Å²) in [7, 11) is 0.965. The fraction of sp³-hybridized carbons (Fsp3) is 0.875. The summed E-state index contributed by atoms with van der Waals surface area (Å²) < 4.78 is 29.5. The summed E-state index contributed by atoms with van der Waals surface area (Å²) in [6.07, 6.45) is 0.101. The first-order chi connectivity index (χ1) is 5.75. The van der Waals surface area contributed by atoms with Crippen molar-refractivity contribution in [2.45, 2.75) is 36.0 Å². The van der Waals surface area contributed by atoms with E-state index in [0.29, 0.717) is 6.42 Å². The number of esters is 1. The molecule has 0 aliphatic rings. The Balaban J connectivity index is 4.41. The first-order valence-corrected chi connectivity index (χ1v) is 4.98. The Bertz CT molecular complexity index is 193. The first kappa shape index (κ1) is 13.1. The van der Waals surface area contributed by atoms with E-state index in [-0.39, 0.29) is 0 Å². The molecule has 0 aliphatic heterocycles. The van der Waals surface area contributed by atoms with E-state index in [1.807, 2.05) is 22.6 Å². The van der Waals surface area contributed by atoms with Crippen molar-refractivity contribution in [1.29, 1.82) is 0 Å². The van der Waals surface area contributed by atoms with Crippen molar-refractivity contribution in [3.05, 3.63) is 0 Å². The van der Waals surface area contributed by atoms with Crippen molar-refractivity contribution < 1.29 is 18.3 Å². The Morgan fingerprint density at radius 1 is 1.54 bits per heavy atom. The molecule has 1 unspecified atom stereocenters. The molecule has 0 amide bonds. The van der Waals surface area contributed by atoms with Gasteiger partial charge in [0.1, 0.15) is 0 Å². The third-order valence-electron chi connectivity index (χ3n) is 1.81. The van der Waals surface area contributed by atoms with Crippen molar-refractivity contribution in [3.8, 4) is 0 Å². The lowest BCUT2D eigenvalue weighted by Crippen LogP contribution is -2.36. The zero-order chi connectivity index (χ0) is 10.7. The van der Waals surface area contributed by atoms with Gasteiger partial charge in [-0.15, -0.1) is 0 Å². The fourth-order valence-electron chi connectivity index (χ4n) is 0.809. The minimum Gasteiger partial charge on any atom is -0.465 e. The Morgan fingerprint density at radius 2 is 2.00 bits per heavy atom. The van der Waals surface area contributed by atoms with Crippen molar-refractivity contribution >= 4 is 28.6 Å².